The van der Waals surface area contributed by atoms with E-state index in [-0.39, 0.29) is 5.97 Å². The summed E-state index contributed by atoms with van der Waals surface area (Å²) in [7, 11) is 0. The van der Waals surface area contributed by atoms with Crippen LogP contribution in [0.25, 0.3) is 0 Å². The van der Waals surface area contributed by atoms with Gasteiger partial charge in [0.15, 0.2) is 6.04 Å². The van der Waals surface area contributed by atoms with Crippen LogP contribution in [0.5, 0.6) is 0 Å². The van der Waals surface area contributed by atoms with E-state index >= 15 is 0 Å². The topological polar surface area (TPSA) is 38.7 Å². The van der Waals surface area contributed by atoms with Gasteiger partial charge in [-0.15, -0.1) is 11.8 Å². The highest BCUT2D eigenvalue weighted by atomic mass is 32.2. The van der Waals surface area contributed by atoms with Crippen LogP contribution in [0.3, 0.4) is 0 Å². The molecule has 0 aliphatic carbocycles. The minimum atomic E-state index is -0.754. The molecule has 0 saturated heterocycles. The fourth-order valence-electron chi connectivity index (χ4n) is 5.16. The molecule has 0 bridgehead atoms. The van der Waals surface area contributed by atoms with Crippen molar-refractivity contribution in [2.75, 3.05) is 5.75 Å². The third-order valence-corrected chi connectivity index (χ3v) is 8.68. The van der Waals surface area contributed by atoms with Gasteiger partial charge in [0.2, 0.25) is 0 Å². The van der Waals surface area contributed by atoms with Gasteiger partial charge in [-0.05, 0) is 37.5 Å². The van der Waals surface area contributed by atoms with Crippen LogP contribution in [0, 0.1) is 0 Å². The molecule has 5 aromatic carbocycles. The van der Waals surface area contributed by atoms with Crippen LogP contribution >= 0.6 is 11.8 Å². The Balaban J connectivity index is 1.66. The van der Waals surface area contributed by atoms with Gasteiger partial charge in [0, 0.05) is 16.9 Å². The highest BCUT2D eigenvalue weighted by molar-refractivity contribution is 8.00. The number of nitrogens with zero attached hydrogens (tertiary/aromatic N) is 1. The van der Waals surface area contributed by atoms with Crippen molar-refractivity contribution < 1.29 is 9.53 Å². The highest BCUT2D eigenvalue weighted by Gasteiger charge is 2.39. The van der Waals surface area contributed by atoms with Gasteiger partial charge >= 0.3 is 5.97 Å². The van der Waals surface area contributed by atoms with Gasteiger partial charge in [-0.25, -0.2) is 4.79 Å². The quantitative estimate of drug-likeness (QED) is 0.0936. The van der Waals surface area contributed by atoms with E-state index in [1.807, 2.05) is 99.6 Å². The van der Waals surface area contributed by atoms with Crippen molar-refractivity contribution in [2.45, 2.75) is 37.2 Å². The largest absolute Gasteiger partial charge is 0.458 e. The molecule has 0 fully saturated rings. The molecule has 216 valence electrons. The molecular weight excluding hydrogens is 547 g/mol. The lowest BCUT2D eigenvalue weighted by atomic mass is 9.84. The van der Waals surface area contributed by atoms with E-state index in [2.05, 4.69) is 72.8 Å². The molecule has 0 aliphatic heterocycles. The minimum absolute atomic E-state index is 0.340. The third kappa shape index (κ3) is 7.33. The number of benzene rings is 5. The Bertz CT molecular complexity index is 1480. The lowest BCUT2D eigenvalue weighted by Crippen LogP contribution is -2.35. The Morgan fingerprint density at radius 3 is 1.30 bits per heavy atom. The first kappa shape index (κ1) is 30.1. The second-order valence-electron chi connectivity index (χ2n) is 11.3. The predicted molar refractivity (Wildman–Crippen MR) is 180 cm³/mol. The van der Waals surface area contributed by atoms with Gasteiger partial charge in [-0.3, -0.25) is 4.99 Å². The molecule has 0 saturated carbocycles. The van der Waals surface area contributed by atoms with Crippen molar-refractivity contribution in [1.82, 2.24) is 0 Å². The maximum Gasteiger partial charge on any atom is 0.332 e. The zero-order valence-corrected chi connectivity index (χ0v) is 25.7. The monoisotopic (exact) mass is 583 g/mol. The number of rotatable bonds is 10. The summed E-state index contributed by atoms with van der Waals surface area (Å²) >= 11 is 1.72. The second-order valence-corrected chi connectivity index (χ2v) is 12.6. The van der Waals surface area contributed by atoms with E-state index in [1.54, 1.807) is 11.8 Å². The SMILES string of the molecule is CC(C)(C)OC(=O)C(CSC(c1ccccc1)(c1ccccc1)c1ccccc1)N=C(c1ccccc1)c1ccccc1. The van der Waals surface area contributed by atoms with Crippen LogP contribution in [0.4, 0.5) is 0 Å². The number of aliphatic imine (C=N–C) groups is 1. The van der Waals surface area contributed by atoms with Crippen molar-refractivity contribution in [3.63, 3.8) is 0 Å². The van der Waals surface area contributed by atoms with Crippen LogP contribution in [0.2, 0.25) is 0 Å². The Morgan fingerprint density at radius 1 is 0.605 bits per heavy atom. The third-order valence-electron chi connectivity index (χ3n) is 7.06. The minimum Gasteiger partial charge on any atom is -0.458 e. The first-order chi connectivity index (χ1) is 20.9. The van der Waals surface area contributed by atoms with E-state index in [1.165, 1.54) is 0 Å². The maximum atomic E-state index is 13.9. The average Bonchev–Trinajstić information content (AvgIpc) is 3.04. The van der Waals surface area contributed by atoms with Crippen LogP contribution in [0.1, 0.15) is 48.6 Å². The summed E-state index contributed by atoms with van der Waals surface area (Å²) in [6.07, 6.45) is 0. The Hall–Kier alpha value is -4.41. The lowest BCUT2D eigenvalue weighted by Gasteiger charge is -2.36. The average molecular weight is 584 g/mol. The van der Waals surface area contributed by atoms with E-state index in [9.17, 15) is 4.79 Å². The number of esters is 1. The van der Waals surface area contributed by atoms with Crippen molar-refractivity contribution >= 4 is 23.4 Å². The van der Waals surface area contributed by atoms with Crippen molar-refractivity contribution in [3.05, 3.63) is 179 Å². The summed E-state index contributed by atoms with van der Waals surface area (Å²) in [5.74, 6) is 0.0592. The molecule has 4 heteroatoms. The number of carbonyl (C=O) groups excluding carboxylic acids is 1. The summed E-state index contributed by atoms with van der Waals surface area (Å²) in [4.78, 5) is 19.1. The fraction of sp³-hybridized carbons (Fsp3) is 0.179. The fourth-order valence-corrected chi connectivity index (χ4v) is 6.69. The molecule has 0 radical (unpaired) electrons. The maximum absolute atomic E-state index is 13.9. The van der Waals surface area contributed by atoms with Crippen molar-refractivity contribution in [2.24, 2.45) is 4.99 Å². The van der Waals surface area contributed by atoms with Crippen LogP contribution in [-0.2, 0) is 14.3 Å². The molecule has 0 spiro atoms. The van der Waals surface area contributed by atoms with Gasteiger partial charge < -0.3 is 4.74 Å². The Kier molecular flexibility index (Phi) is 9.58. The number of hydrogen-bond acceptors (Lipinski definition) is 4. The molecule has 1 atom stereocenters. The van der Waals surface area contributed by atoms with Gasteiger partial charge in [0.1, 0.15) is 5.60 Å². The molecule has 0 amide bonds. The summed E-state index contributed by atoms with van der Waals surface area (Å²) in [6, 6.07) is 50.9. The molecule has 0 heterocycles. The van der Waals surface area contributed by atoms with Gasteiger partial charge in [-0.2, -0.15) is 0 Å². The standard InChI is InChI=1S/C39H37NO2S/c1-38(2,3)42-37(41)35(40-36(30-19-9-4-10-20-30)31-21-11-5-12-22-31)29-43-39(32-23-13-6-14-24-32,33-25-15-7-16-26-33)34-27-17-8-18-28-34/h4-28,35H,29H2,1-3H3. The molecular formula is C39H37NO2S. The van der Waals surface area contributed by atoms with Crippen molar-refractivity contribution in [1.29, 1.82) is 0 Å². The Labute approximate surface area is 259 Å². The number of carbonyl (C=O) groups is 1. The molecule has 1 unspecified atom stereocenters. The van der Waals surface area contributed by atoms with Crippen LogP contribution < -0.4 is 0 Å². The highest BCUT2D eigenvalue weighted by Crippen LogP contribution is 2.48. The van der Waals surface area contributed by atoms with E-state index in [0.717, 1.165) is 33.5 Å². The van der Waals surface area contributed by atoms with E-state index in [0.29, 0.717) is 5.75 Å². The molecule has 5 rings (SSSR count). The first-order valence-electron chi connectivity index (χ1n) is 14.6. The normalized spacial score (nSPS) is 12.3. The lowest BCUT2D eigenvalue weighted by molar-refractivity contribution is -0.155. The molecule has 43 heavy (non-hydrogen) atoms. The molecule has 0 N–H and O–H groups in total. The summed E-state index contributed by atoms with van der Waals surface area (Å²) in [5, 5.41) is 0. The Morgan fingerprint density at radius 2 is 0.953 bits per heavy atom. The molecule has 3 nitrogen and oxygen atoms in total. The zero-order valence-electron chi connectivity index (χ0n) is 24.9. The van der Waals surface area contributed by atoms with Crippen LogP contribution in [-0.4, -0.2) is 29.1 Å². The molecule has 0 aromatic heterocycles. The van der Waals surface area contributed by atoms with Gasteiger partial charge in [-0.1, -0.05) is 152 Å². The summed E-state index contributed by atoms with van der Waals surface area (Å²) < 4.78 is 5.41. The van der Waals surface area contributed by atoms with Crippen LogP contribution in [0.15, 0.2) is 157 Å². The molecule has 0 aliphatic rings. The zero-order chi connectivity index (χ0) is 30.1. The number of ether oxygens (including phenoxy) is 1. The number of thioether (sulfide) groups is 1. The first-order valence-corrected chi connectivity index (χ1v) is 15.6. The van der Waals surface area contributed by atoms with E-state index in [4.69, 9.17) is 9.73 Å². The van der Waals surface area contributed by atoms with Crippen molar-refractivity contribution in [3.8, 4) is 0 Å². The van der Waals surface area contributed by atoms with Gasteiger partial charge in [0.25, 0.3) is 0 Å². The summed E-state index contributed by atoms with van der Waals surface area (Å²) in [5.41, 5.74) is 5.43. The summed E-state index contributed by atoms with van der Waals surface area (Å²) in [6.45, 7) is 5.70. The second kappa shape index (κ2) is 13.7. The molecule has 5 aromatic rings. The number of hydrogen-bond donors (Lipinski definition) is 0. The van der Waals surface area contributed by atoms with Gasteiger partial charge in [0.05, 0.1) is 10.5 Å². The van der Waals surface area contributed by atoms with E-state index < -0.39 is 16.4 Å². The predicted octanol–water partition coefficient (Wildman–Crippen LogP) is 8.96. The smallest absolute Gasteiger partial charge is 0.332 e.